The second kappa shape index (κ2) is 12.7. The predicted octanol–water partition coefficient (Wildman–Crippen LogP) is 5.94. The number of nitrogens with zero attached hydrogens (tertiary/aromatic N) is 7. The molecule has 0 N–H and O–H groups in total. The largest absolute Gasteiger partial charge is 0.490 e. The third-order valence-electron chi connectivity index (χ3n) is 9.90. The summed E-state index contributed by atoms with van der Waals surface area (Å²) in [7, 11) is 0. The van der Waals surface area contributed by atoms with E-state index in [4.69, 9.17) is 14.2 Å². The fraction of sp³-hybridized carbons (Fsp3) is 0.556. The van der Waals surface area contributed by atoms with Crippen molar-refractivity contribution in [2.24, 2.45) is 5.41 Å². The molecule has 7 rings (SSSR count). The number of hydrogen-bond acceptors (Lipinski definition) is 10. The first-order valence-electron chi connectivity index (χ1n) is 17.2. The van der Waals surface area contributed by atoms with Gasteiger partial charge in [0.05, 0.1) is 17.8 Å². The van der Waals surface area contributed by atoms with E-state index in [0.29, 0.717) is 25.3 Å². The van der Waals surface area contributed by atoms with E-state index < -0.39 is 11.4 Å². The summed E-state index contributed by atoms with van der Waals surface area (Å²) >= 11 is 0. The minimum absolute atomic E-state index is 0.0336. The van der Waals surface area contributed by atoms with E-state index in [1.807, 2.05) is 45.6 Å². The fourth-order valence-electron chi connectivity index (χ4n) is 7.39. The number of amides is 2. The van der Waals surface area contributed by atoms with E-state index in [0.717, 1.165) is 62.2 Å². The Balaban J connectivity index is 0.982. The maximum atomic E-state index is 14.4. The molecule has 1 aromatic carbocycles. The van der Waals surface area contributed by atoms with Gasteiger partial charge in [-0.2, -0.15) is 0 Å². The molecule has 3 fully saturated rings. The van der Waals surface area contributed by atoms with Gasteiger partial charge >= 0.3 is 6.09 Å². The predicted molar refractivity (Wildman–Crippen MR) is 178 cm³/mol. The lowest BCUT2D eigenvalue weighted by atomic mass is 9.61. The van der Waals surface area contributed by atoms with Crippen molar-refractivity contribution in [1.29, 1.82) is 0 Å². The normalized spacial score (nSPS) is 18.7. The molecule has 4 heterocycles. The molecule has 2 aliphatic heterocycles. The van der Waals surface area contributed by atoms with Gasteiger partial charge in [-0.05, 0) is 97.4 Å². The maximum absolute atomic E-state index is 14.4. The van der Waals surface area contributed by atoms with Crippen LogP contribution in [0.5, 0.6) is 17.4 Å². The van der Waals surface area contributed by atoms with Crippen molar-refractivity contribution in [3.8, 4) is 17.4 Å². The van der Waals surface area contributed by atoms with Gasteiger partial charge in [-0.3, -0.25) is 9.78 Å². The van der Waals surface area contributed by atoms with Crippen molar-refractivity contribution in [2.75, 3.05) is 24.5 Å². The molecule has 2 amide bonds. The first-order valence-corrected chi connectivity index (χ1v) is 17.2. The smallest absolute Gasteiger partial charge is 0.410 e. The number of ether oxygens (including phenoxy) is 3. The number of carbonyl (C=O) groups excluding carboxylic acids is 2. The summed E-state index contributed by atoms with van der Waals surface area (Å²) in [5, 5.41) is 8.17. The van der Waals surface area contributed by atoms with Crippen LogP contribution in [0.25, 0.3) is 0 Å². The first kappa shape index (κ1) is 33.0. The Hall–Kier alpha value is -4.55. The number of aromatic nitrogens is 4. The van der Waals surface area contributed by atoms with Crippen molar-refractivity contribution >= 4 is 17.8 Å². The molecule has 12 nitrogen and oxygen atoms in total. The van der Waals surface area contributed by atoms with Crippen LogP contribution < -0.4 is 14.4 Å². The summed E-state index contributed by atoms with van der Waals surface area (Å²) in [5.41, 5.74) is 1.59. The van der Waals surface area contributed by atoms with Gasteiger partial charge in [-0.25, -0.2) is 14.2 Å². The lowest BCUT2D eigenvalue weighted by Crippen LogP contribution is -2.65. The first-order chi connectivity index (χ1) is 23.4. The molecule has 0 bridgehead atoms. The Morgan fingerprint density at radius 1 is 1.08 bits per heavy atom. The monoisotopic (exact) mass is 673 g/mol. The Kier molecular flexibility index (Phi) is 8.56. The number of pyridine rings is 1. The molecule has 13 heteroatoms. The lowest BCUT2D eigenvalue weighted by molar-refractivity contribution is -0.0352. The highest BCUT2D eigenvalue weighted by molar-refractivity contribution is 5.97. The summed E-state index contributed by atoms with van der Waals surface area (Å²) < 4.78 is 32.7. The molecule has 49 heavy (non-hydrogen) atoms. The van der Waals surface area contributed by atoms with Gasteiger partial charge in [0, 0.05) is 48.9 Å². The van der Waals surface area contributed by atoms with Gasteiger partial charge < -0.3 is 28.9 Å². The topological polar surface area (TPSA) is 123 Å². The average Bonchev–Trinajstić information content (AvgIpc) is 2.99. The summed E-state index contributed by atoms with van der Waals surface area (Å²) in [6, 6.07) is 6.01. The SMILES string of the molecule is CC(C)N(C(=O)c1cc(F)ccc1Oc1nncnc1N1CC2(CC(Oc3ccnc4c3CCN(C(=O)OC(C)(C)C)C4)C2)C1)C1CCC1. The molecule has 2 aliphatic carbocycles. The molecule has 0 radical (unpaired) electrons. The van der Waals surface area contributed by atoms with Gasteiger partial charge in [0.25, 0.3) is 11.8 Å². The number of carbonyl (C=O) groups is 2. The summed E-state index contributed by atoms with van der Waals surface area (Å²) in [5.74, 6) is 0.999. The Labute approximate surface area is 286 Å². The van der Waals surface area contributed by atoms with Crippen molar-refractivity contribution in [3.63, 3.8) is 0 Å². The number of rotatable bonds is 8. The molecule has 1 saturated heterocycles. The maximum Gasteiger partial charge on any atom is 0.410 e. The van der Waals surface area contributed by atoms with Crippen LogP contribution in [-0.4, -0.2) is 85.4 Å². The van der Waals surface area contributed by atoms with Crippen LogP contribution in [0.2, 0.25) is 0 Å². The summed E-state index contributed by atoms with van der Waals surface area (Å²) in [4.78, 5) is 41.0. The average molecular weight is 674 g/mol. The van der Waals surface area contributed by atoms with Crippen molar-refractivity contribution in [2.45, 2.75) is 103 Å². The standard InChI is InChI=1S/C36H44FN7O5/c1-22(2)44(24-7-6-8-24)33(45)27-15-23(37)9-10-29(27)48-32-31(39-21-40-41-32)43-19-36(20-43)16-25(17-36)47-30-11-13-38-28-18-42(14-12-26(28)30)34(46)49-35(3,4)5/h9-11,13,15,21-22,24-25H,6-8,12,14,16-20H2,1-5H3. The second-order valence-corrected chi connectivity index (χ2v) is 15.1. The second-order valence-electron chi connectivity index (χ2n) is 15.1. The Morgan fingerprint density at radius 2 is 1.86 bits per heavy atom. The molecule has 2 saturated carbocycles. The van der Waals surface area contributed by atoms with Crippen LogP contribution in [0.1, 0.15) is 88.3 Å². The molecule has 0 atom stereocenters. The highest BCUT2D eigenvalue weighted by atomic mass is 19.1. The van der Waals surface area contributed by atoms with Crippen molar-refractivity contribution in [3.05, 3.63) is 59.4 Å². The number of fused-ring (bicyclic) bond motifs is 1. The van der Waals surface area contributed by atoms with Crippen LogP contribution in [0, 0.1) is 11.2 Å². The lowest BCUT2D eigenvalue weighted by Gasteiger charge is -2.58. The van der Waals surface area contributed by atoms with Crippen LogP contribution in [0.4, 0.5) is 15.0 Å². The van der Waals surface area contributed by atoms with Gasteiger partial charge in [0.1, 0.15) is 35.3 Å². The zero-order chi connectivity index (χ0) is 34.5. The van der Waals surface area contributed by atoms with Gasteiger partial charge in [-0.1, -0.05) is 0 Å². The molecule has 0 unspecified atom stereocenters. The molecule has 260 valence electrons. The number of anilines is 1. The third-order valence-corrected chi connectivity index (χ3v) is 9.90. The molecule has 2 aromatic heterocycles. The van der Waals surface area contributed by atoms with E-state index in [9.17, 15) is 14.0 Å². The highest BCUT2D eigenvalue weighted by Gasteiger charge is 2.54. The Bertz CT molecular complexity index is 1730. The molecule has 1 spiro atoms. The van der Waals surface area contributed by atoms with Crippen LogP contribution >= 0.6 is 0 Å². The zero-order valence-corrected chi connectivity index (χ0v) is 28.8. The fourth-order valence-corrected chi connectivity index (χ4v) is 7.39. The summed E-state index contributed by atoms with van der Waals surface area (Å²) in [6.45, 7) is 12.0. The minimum atomic E-state index is -0.553. The molecule has 3 aromatic rings. The van der Waals surface area contributed by atoms with Gasteiger partial charge in [0.2, 0.25) is 0 Å². The quantitative estimate of drug-likeness (QED) is 0.284. The van der Waals surface area contributed by atoms with E-state index >= 15 is 0 Å². The third kappa shape index (κ3) is 6.71. The number of hydrogen-bond donors (Lipinski definition) is 0. The van der Waals surface area contributed by atoms with E-state index in [1.54, 1.807) is 11.1 Å². The molecular weight excluding hydrogens is 629 g/mol. The Morgan fingerprint density at radius 3 is 2.55 bits per heavy atom. The van der Waals surface area contributed by atoms with E-state index in [-0.39, 0.29) is 52.8 Å². The zero-order valence-electron chi connectivity index (χ0n) is 28.8. The van der Waals surface area contributed by atoms with Crippen LogP contribution in [-0.2, 0) is 17.7 Å². The van der Waals surface area contributed by atoms with Gasteiger partial charge in [-0.15, -0.1) is 10.2 Å². The van der Waals surface area contributed by atoms with Crippen molar-refractivity contribution in [1.82, 2.24) is 30.0 Å². The highest BCUT2D eigenvalue weighted by Crippen LogP contribution is 2.52. The summed E-state index contributed by atoms with van der Waals surface area (Å²) in [6.07, 6.45) is 8.26. The van der Waals surface area contributed by atoms with E-state index in [2.05, 4.69) is 25.1 Å². The van der Waals surface area contributed by atoms with E-state index in [1.165, 1.54) is 24.5 Å². The number of halogens is 1. The van der Waals surface area contributed by atoms with Crippen LogP contribution in [0.15, 0.2) is 36.8 Å². The molecular formula is C36H44FN7O5. The van der Waals surface area contributed by atoms with Crippen molar-refractivity contribution < 1.29 is 28.2 Å². The van der Waals surface area contributed by atoms with Gasteiger partial charge in [0.15, 0.2) is 5.82 Å². The minimum Gasteiger partial charge on any atom is -0.490 e. The number of benzene rings is 1. The van der Waals surface area contributed by atoms with Crippen LogP contribution in [0.3, 0.4) is 0 Å². The molecule has 4 aliphatic rings.